The molecule has 0 saturated carbocycles. The van der Waals surface area contributed by atoms with Crippen molar-refractivity contribution in [2.45, 2.75) is 32.0 Å². The summed E-state index contributed by atoms with van der Waals surface area (Å²) >= 11 is 0. The highest BCUT2D eigenvalue weighted by molar-refractivity contribution is 5.70. The predicted octanol–water partition coefficient (Wildman–Crippen LogP) is 2.44. The molecule has 8 heteroatoms. The van der Waals surface area contributed by atoms with Crippen LogP contribution in [0.25, 0.3) is 0 Å². The summed E-state index contributed by atoms with van der Waals surface area (Å²) in [5.74, 6) is -0.516. The molecule has 1 unspecified atom stereocenters. The molecule has 0 bridgehead atoms. The van der Waals surface area contributed by atoms with Crippen molar-refractivity contribution >= 4 is 5.97 Å². The number of benzene rings is 1. The van der Waals surface area contributed by atoms with Crippen LogP contribution in [0.4, 0.5) is 0 Å². The van der Waals surface area contributed by atoms with E-state index in [1.54, 1.807) is 25.1 Å². The lowest BCUT2D eigenvalue weighted by Crippen LogP contribution is -2.23. The third-order valence-corrected chi connectivity index (χ3v) is 3.90. The van der Waals surface area contributed by atoms with Crippen LogP contribution in [0.1, 0.15) is 43.1 Å². The molecule has 0 amide bonds. The average molecular weight is 353 g/mol. The highest BCUT2D eigenvalue weighted by Crippen LogP contribution is 2.34. The van der Waals surface area contributed by atoms with Crippen molar-refractivity contribution in [2.75, 3.05) is 33.5 Å². The minimum absolute atomic E-state index is 0.0825. The Labute approximate surface area is 146 Å². The number of hydrogen-bond donors (Lipinski definition) is 0. The monoisotopic (exact) mass is 353 g/mol. The van der Waals surface area contributed by atoms with Gasteiger partial charge >= 0.3 is 5.97 Å². The quantitative estimate of drug-likeness (QED) is 0.402. The third kappa shape index (κ3) is 5.40. The Morgan fingerprint density at radius 3 is 2.72 bits per heavy atom. The van der Waals surface area contributed by atoms with Crippen molar-refractivity contribution in [3.63, 3.8) is 0 Å². The molecule has 0 radical (unpaired) electrons. The Hall–Kier alpha value is -2.19. The molecule has 0 N–H and O–H groups in total. The number of nitrogens with zero attached hydrogens (tertiary/aromatic N) is 1. The summed E-state index contributed by atoms with van der Waals surface area (Å²) in [6, 6.07) is 5.17. The summed E-state index contributed by atoms with van der Waals surface area (Å²) in [6.07, 6.45) is 0.0768. The maximum Gasteiger partial charge on any atom is 0.306 e. The van der Waals surface area contributed by atoms with Gasteiger partial charge < -0.3 is 18.9 Å². The zero-order valence-electron chi connectivity index (χ0n) is 14.4. The van der Waals surface area contributed by atoms with E-state index >= 15 is 0 Å². The average Bonchev–Trinajstić information content (AvgIpc) is 2.61. The van der Waals surface area contributed by atoms with Crippen LogP contribution < -0.4 is 4.74 Å². The standard InChI is InChI=1S/C17H23NO7/c1-3-23-16(19)9-12(11-18(20)21)14-6-5-13(22-2)10-15(14)17-24-7-4-8-25-17/h5-6,10,12,17H,3-4,7-9,11H2,1-2H3. The van der Waals surface area contributed by atoms with Gasteiger partial charge in [0, 0.05) is 10.5 Å². The van der Waals surface area contributed by atoms with Crippen LogP contribution >= 0.6 is 0 Å². The van der Waals surface area contributed by atoms with Gasteiger partial charge in [-0.05, 0) is 31.0 Å². The molecule has 1 aliphatic heterocycles. The van der Waals surface area contributed by atoms with Crippen LogP contribution in [0.2, 0.25) is 0 Å². The van der Waals surface area contributed by atoms with Gasteiger partial charge in [-0.1, -0.05) is 6.07 Å². The molecule has 25 heavy (non-hydrogen) atoms. The van der Waals surface area contributed by atoms with Crippen LogP contribution in [-0.2, 0) is 19.0 Å². The largest absolute Gasteiger partial charge is 0.497 e. The number of nitro groups is 1. The Balaban J connectivity index is 2.36. The van der Waals surface area contributed by atoms with Gasteiger partial charge in [0.15, 0.2) is 6.29 Å². The van der Waals surface area contributed by atoms with E-state index in [2.05, 4.69) is 0 Å². The van der Waals surface area contributed by atoms with E-state index in [1.165, 1.54) is 7.11 Å². The summed E-state index contributed by atoms with van der Waals surface area (Å²) in [5.41, 5.74) is 1.28. The van der Waals surface area contributed by atoms with Gasteiger partial charge in [-0.2, -0.15) is 0 Å². The molecule has 1 fully saturated rings. The third-order valence-electron chi connectivity index (χ3n) is 3.90. The molecule has 1 heterocycles. The summed E-state index contributed by atoms with van der Waals surface area (Å²) in [6.45, 7) is 2.63. The van der Waals surface area contributed by atoms with E-state index in [0.29, 0.717) is 30.1 Å². The van der Waals surface area contributed by atoms with E-state index in [4.69, 9.17) is 18.9 Å². The minimum atomic E-state index is -0.635. The van der Waals surface area contributed by atoms with E-state index in [9.17, 15) is 14.9 Å². The molecule has 1 aromatic rings. The van der Waals surface area contributed by atoms with Crippen molar-refractivity contribution in [2.24, 2.45) is 0 Å². The maximum atomic E-state index is 11.9. The Bertz CT molecular complexity index is 599. The molecule has 0 spiro atoms. The van der Waals surface area contributed by atoms with Crippen molar-refractivity contribution in [1.82, 2.24) is 0 Å². The number of methoxy groups -OCH3 is 1. The minimum Gasteiger partial charge on any atom is -0.497 e. The van der Waals surface area contributed by atoms with Crippen molar-refractivity contribution in [3.05, 3.63) is 39.4 Å². The lowest BCUT2D eigenvalue weighted by Gasteiger charge is -2.27. The predicted molar refractivity (Wildman–Crippen MR) is 88.1 cm³/mol. The van der Waals surface area contributed by atoms with Gasteiger partial charge in [-0.3, -0.25) is 14.9 Å². The van der Waals surface area contributed by atoms with Gasteiger partial charge in [0.2, 0.25) is 6.54 Å². The summed E-state index contributed by atoms with van der Waals surface area (Å²) in [7, 11) is 1.54. The first-order chi connectivity index (χ1) is 12.0. The van der Waals surface area contributed by atoms with Gasteiger partial charge in [0.25, 0.3) is 0 Å². The zero-order valence-corrected chi connectivity index (χ0v) is 14.4. The Morgan fingerprint density at radius 1 is 1.40 bits per heavy atom. The van der Waals surface area contributed by atoms with Gasteiger partial charge in [0.05, 0.1) is 39.3 Å². The van der Waals surface area contributed by atoms with Crippen LogP contribution in [0, 0.1) is 10.1 Å². The molecule has 1 atom stereocenters. The lowest BCUT2D eigenvalue weighted by atomic mass is 9.90. The van der Waals surface area contributed by atoms with Gasteiger partial charge in [-0.25, -0.2) is 0 Å². The van der Waals surface area contributed by atoms with E-state index in [0.717, 1.165) is 6.42 Å². The first-order valence-corrected chi connectivity index (χ1v) is 8.23. The molecule has 0 aromatic heterocycles. The molecule has 1 aromatic carbocycles. The molecule has 1 aliphatic rings. The maximum absolute atomic E-state index is 11.9. The number of rotatable bonds is 8. The fourth-order valence-corrected chi connectivity index (χ4v) is 2.80. The number of carbonyl (C=O) groups excluding carboxylic acids is 1. The first kappa shape index (κ1) is 19.1. The molecule has 2 rings (SSSR count). The fourth-order valence-electron chi connectivity index (χ4n) is 2.80. The van der Waals surface area contributed by atoms with Crippen LogP contribution in [-0.4, -0.2) is 44.4 Å². The van der Waals surface area contributed by atoms with Crippen molar-refractivity contribution < 1.29 is 28.7 Å². The summed E-state index contributed by atoms with van der Waals surface area (Å²) < 4.78 is 21.5. The number of ether oxygens (including phenoxy) is 4. The summed E-state index contributed by atoms with van der Waals surface area (Å²) in [4.78, 5) is 22.6. The number of esters is 1. The number of carbonyl (C=O) groups is 1. The lowest BCUT2D eigenvalue weighted by molar-refractivity contribution is -0.483. The second kappa shape index (κ2) is 9.33. The molecular weight excluding hydrogens is 330 g/mol. The van der Waals surface area contributed by atoms with Crippen molar-refractivity contribution in [1.29, 1.82) is 0 Å². The molecule has 1 saturated heterocycles. The van der Waals surface area contributed by atoms with Crippen molar-refractivity contribution in [3.8, 4) is 5.75 Å². The second-order valence-electron chi connectivity index (χ2n) is 5.64. The molecule has 138 valence electrons. The summed E-state index contributed by atoms with van der Waals surface area (Å²) in [5, 5.41) is 11.1. The first-order valence-electron chi connectivity index (χ1n) is 8.23. The second-order valence-corrected chi connectivity index (χ2v) is 5.64. The molecular formula is C17H23NO7. The van der Waals surface area contributed by atoms with E-state index < -0.39 is 23.1 Å². The highest BCUT2D eigenvalue weighted by atomic mass is 16.7. The van der Waals surface area contributed by atoms with E-state index in [-0.39, 0.29) is 19.6 Å². The van der Waals surface area contributed by atoms with Crippen LogP contribution in [0.15, 0.2) is 18.2 Å². The van der Waals surface area contributed by atoms with Gasteiger partial charge in [-0.15, -0.1) is 0 Å². The Kier molecular flexibility index (Phi) is 7.15. The smallest absolute Gasteiger partial charge is 0.306 e. The topological polar surface area (TPSA) is 97.1 Å². The van der Waals surface area contributed by atoms with Crippen LogP contribution in [0.3, 0.4) is 0 Å². The molecule has 0 aliphatic carbocycles. The zero-order chi connectivity index (χ0) is 18.2. The van der Waals surface area contributed by atoms with E-state index in [1.807, 2.05) is 0 Å². The SMILES string of the molecule is CCOC(=O)CC(C[N+](=O)[O-])c1ccc(OC)cc1C1OCCCO1. The highest BCUT2D eigenvalue weighted by Gasteiger charge is 2.29. The normalized spacial score (nSPS) is 16.2. The fraction of sp³-hybridized carbons (Fsp3) is 0.588. The molecule has 8 nitrogen and oxygen atoms in total. The van der Waals surface area contributed by atoms with Gasteiger partial charge in [0.1, 0.15) is 5.75 Å². The Morgan fingerprint density at radius 2 is 2.12 bits per heavy atom. The number of hydrogen-bond acceptors (Lipinski definition) is 7. The van der Waals surface area contributed by atoms with Crippen LogP contribution in [0.5, 0.6) is 5.75 Å².